The number of hydrogen-bond donors (Lipinski definition) is 1. The predicted molar refractivity (Wildman–Crippen MR) is 91.2 cm³/mol. The largest absolute Gasteiger partial charge is 0.493 e. The monoisotopic (exact) mass is 334 g/mol. The van der Waals surface area contributed by atoms with Gasteiger partial charge in [0, 0.05) is 6.20 Å². The molecule has 2 rings (SSSR count). The molecule has 1 heterocycles. The van der Waals surface area contributed by atoms with Crippen LogP contribution in [0.3, 0.4) is 0 Å². The number of sulfonamides is 1. The summed E-state index contributed by atoms with van der Waals surface area (Å²) in [4.78, 5) is 4.10. The molecular weight excluding hydrogens is 312 g/mol. The number of aryl methyl sites for hydroxylation is 1. The molecule has 0 aliphatic rings. The second-order valence-corrected chi connectivity index (χ2v) is 7.01. The SMILES string of the molecule is CCCCCOc1ccc(S(=O)(=O)Nc2cccnc2)cc1C. The van der Waals surface area contributed by atoms with Crippen LogP contribution in [0.15, 0.2) is 47.6 Å². The van der Waals surface area contributed by atoms with Crippen LogP contribution in [0.2, 0.25) is 0 Å². The van der Waals surface area contributed by atoms with Crippen LogP contribution >= 0.6 is 0 Å². The van der Waals surface area contributed by atoms with Gasteiger partial charge in [0.05, 0.1) is 23.4 Å². The van der Waals surface area contributed by atoms with Gasteiger partial charge >= 0.3 is 0 Å². The van der Waals surface area contributed by atoms with Gasteiger partial charge in [-0.25, -0.2) is 8.42 Å². The zero-order valence-electron chi connectivity index (χ0n) is 13.5. The molecule has 1 aromatic carbocycles. The predicted octanol–water partition coefficient (Wildman–Crippen LogP) is 3.76. The van der Waals surface area contributed by atoms with Crippen molar-refractivity contribution in [2.24, 2.45) is 0 Å². The fourth-order valence-corrected chi connectivity index (χ4v) is 3.25. The zero-order chi connectivity index (χ0) is 16.7. The van der Waals surface area contributed by atoms with Crippen LogP contribution in [-0.4, -0.2) is 20.0 Å². The minimum Gasteiger partial charge on any atom is -0.493 e. The van der Waals surface area contributed by atoms with Crippen LogP contribution in [0, 0.1) is 6.92 Å². The fourth-order valence-electron chi connectivity index (χ4n) is 2.12. The molecule has 2 aromatic rings. The van der Waals surface area contributed by atoms with E-state index < -0.39 is 10.0 Å². The van der Waals surface area contributed by atoms with Gasteiger partial charge in [0.15, 0.2) is 0 Å². The quantitative estimate of drug-likeness (QED) is 0.746. The van der Waals surface area contributed by atoms with Gasteiger partial charge in [-0.3, -0.25) is 9.71 Å². The van der Waals surface area contributed by atoms with Crippen molar-refractivity contribution in [3.8, 4) is 5.75 Å². The molecule has 0 aliphatic heterocycles. The van der Waals surface area contributed by atoms with Crippen LogP contribution in [-0.2, 0) is 10.0 Å². The van der Waals surface area contributed by atoms with E-state index in [1.807, 2.05) is 6.92 Å². The molecule has 1 N–H and O–H groups in total. The summed E-state index contributed by atoms with van der Waals surface area (Å²) in [6.07, 6.45) is 6.32. The topological polar surface area (TPSA) is 68.3 Å². The van der Waals surface area contributed by atoms with E-state index >= 15 is 0 Å². The van der Waals surface area contributed by atoms with E-state index in [4.69, 9.17) is 4.74 Å². The maximum absolute atomic E-state index is 12.4. The summed E-state index contributed by atoms with van der Waals surface area (Å²) in [5.74, 6) is 0.724. The first-order chi connectivity index (χ1) is 11.0. The highest BCUT2D eigenvalue weighted by atomic mass is 32.2. The van der Waals surface area contributed by atoms with Crippen molar-refractivity contribution >= 4 is 15.7 Å². The van der Waals surface area contributed by atoms with Crippen molar-refractivity contribution < 1.29 is 13.2 Å². The average Bonchev–Trinajstić information content (AvgIpc) is 2.53. The minimum absolute atomic E-state index is 0.208. The molecule has 124 valence electrons. The highest BCUT2D eigenvalue weighted by Crippen LogP contribution is 2.23. The molecule has 0 radical (unpaired) electrons. The van der Waals surface area contributed by atoms with E-state index in [-0.39, 0.29) is 4.90 Å². The van der Waals surface area contributed by atoms with Crippen LogP contribution < -0.4 is 9.46 Å². The number of aromatic nitrogens is 1. The fraction of sp³-hybridized carbons (Fsp3) is 0.353. The van der Waals surface area contributed by atoms with Crippen molar-refractivity contribution in [3.05, 3.63) is 48.3 Å². The Morgan fingerprint density at radius 1 is 1.22 bits per heavy atom. The van der Waals surface area contributed by atoms with E-state index in [0.717, 1.165) is 30.6 Å². The van der Waals surface area contributed by atoms with Gasteiger partial charge < -0.3 is 4.74 Å². The number of benzene rings is 1. The number of nitrogens with zero attached hydrogens (tertiary/aromatic N) is 1. The molecule has 0 saturated heterocycles. The summed E-state index contributed by atoms with van der Waals surface area (Å²) in [7, 11) is -3.63. The number of nitrogens with one attached hydrogen (secondary N) is 1. The molecular formula is C17H22N2O3S. The van der Waals surface area contributed by atoms with Crippen LogP contribution in [0.25, 0.3) is 0 Å². The Balaban J connectivity index is 2.09. The highest BCUT2D eigenvalue weighted by Gasteiger charge is 2.15. The second kappa shape index (κ2) is 7.97. The van der Waals surface area contributed by atoms with Crippen molar-refractivity contribution in [2.45, 2.75) is 38.0 Å². The average molecular weight is 334 g/mol. The molecule has 1 aromatic heterocycles. The third kappa shape index (κ3) is 4.96. The van der Waals surface area contributed by atoms with Crippen molar-refractivity contribution in [1.82, 2.24) is 4.98 Å². The number of unbranched alkanes of at least 4 members (excludes halogenated alkanes) is 2. The van der Waals surface area contributed by atoms with Gasteiger partial charge in [0.2, 0.25) is 0 Å². The lowest BCUT2D eigenvalue weighted by molar-refractivity contribution is 0.304. The highest BCUT2D eigenvalue weighted by molar-refractivity contribution is 7.92. The lowest BCUT2D eigenvalue weighted by atomic mass is 10.2. The lowest BCUT2D eigenvalue weighted by Crippen LogP contribution is -2.13. The second-order valence-electron chi connectivity index (χ2n) is 5.33. The summed E-state index contributed by atoms with van der Waals surface area (Å²) in [5, 5.41) is 0. The number of hydrogen-bond acceptors (Lipinski definition) is 4. The minimum atomic E-state index is -3.63. The Morgan fingerprint density at radius 3 is 2.70 bits per heavy atom. The third-order valence-electron chi connectivity index (χ3n) is 3.38. The van der Waals surface area contributed by atoms with Crippen molar-refractivity contribution in [3.63, 3.8) is 0 Å². The summed E-state index contributed by atoms with van der Waals surface area (Å²) < 4.78 is 33.0. The molecule has 0 spiro atoms. The van der Waals surface area contributed by atoms with Gasteiger partial charge in [0.1, 0.15) is 5.75 Å². The maximum Gasteiger partial charge on any atom is 0.261 e. The lowest BCUT2D eigenvalue weighted by Gasteiger charge is -2.12. The maximum atomic E-state index is 12.4. The zero-order valence-corrected chi connectivity index (χ0v) is 14.3. The summed E-state index contributed by atoms with van der Waals surface area (Å²) >= 11 is 0. The molecule has 0 unspecified atom stereocenters. The van der Waals surface area contributed by atoms with E-state index in [2.05, 4.69) is 16.6 Å². The Morgan fingerprint density at radius 2 is 2.04 bits per heavy atom. The first-order valence-electron chi connectivity index (χ1n) is 7.69. The van der Waals surface area contributed by atoms with Crippen molar-refractivity contribution in [1.29, 1.82) is 0 Å². The van der Waals surface area contributed by atoms with Crippen LogP contribution in [0.4, 0.5) is 5.69 Å². The molecule has 0 saturated carbocycles. The Kier molecular flexibility index (Phi) is 5.98. The summed E-state index contributed by atoms with van der Waals surface area (Å²) in [6, 6.07) is 8.22. The molecule has 6 heteroatoms. The number of anilines is 1. The van der Waals surface area contributed by atoms with E-state index in [1.54, 1.807) is 36.5 Å². The van der Waals surface area contributed by atoms with E-state index in [9.17, 15) is 8.42 Å². The first-order valence-corrected chi connectivity index (χ1v) is 9.17. The number of pyridine rings is 1. The Bertz CT molecular complexity index is 731. The number of ether oxygens (including phenoxy) is 1. The summed E-state index contributed by atoms with van der Waals surface area (Å²) in [6.45, 7) is 4.63. The van der Waals surface area contributed by atoms with Gasteiger partial charge in [-0.05, 0) is 49.2 Å². The Hall–Kier alpha value is -2.08. The molecule has 0 aliphatic carbocycles. The van der Waals surface area contributed by atoms with Crippen LogP contribution in [0.1, 0.15) is 31.7 Å². The smallest absolute Gasteiger partial charge is 0.261 e. The molecule has 0 fully saturated rings. The van der Waals surface area contributed by atoms with Gasteiger partial charge in [-0.15, -0.1) is 0 Å². The normalized spacial score (nSPS) is 11.2. The third-order valence-corrected chi connectivity index (χ3v) is 4.75. The molecule has 23 heavy (non-hydrogen) atoms. The van der Waals surface area contributed by atoms with Gasteiger partial charge in [-0.1, -0.05) is 19.8 Å². The van der Waals surface area contributed by atoms with E-state index in [0.29, 0.717) is 12.3 Å². The standard InChI is InChI=1S/C17H22N2O3S/c1-3-4-5-11-22-17-9-8-16(12-14(17)2)23(20,21)19-15-7-6-10-18-13-15/h6-10,12-13,19H,3-5,11H2,1-2H3. The van der Waals surface area contributed by atoms with E-state index in [1.165, 1.54) is 6.20 Å². The molecule has 0 bridgehead atoms. The molecule has 0 amide bonds. The van der Waals surface area contributed by atoms with Gasteiger partial charge in [-0.2, -0.15) is 0 Å². The summed E-state index contributed by atoms with van der Waals surface area (Å²) in [5.41, 5.74) is 1.24. The number of rotatable bonds is 8. The molecule has 5 nitrogen and oxygen atoms in total. The Labute approximate surface area is 137 Å². The first kappa shape index (κ1) is 17.3. The van der Waals surface area contributed by atoms with Crippen molar-refractivity contribution in [2.75, 3.05) is 11.3 Å². The molecule has 0 atom stereocenters. The van der Waals surface area contributed by atoms with Gasteiger partial charge in [0.25, 0.3) is 10.0 Å². The van der Waals surface area contributed by atoms with Crippen LogP contribution in [0.5, 0.6) is 5.75 Å².